The van der Waals surface area contributed by atoms with Crippen LogP contribution in [0.3, 0.4) is 0 Å². The number of imide groups is 1. The molecule has 0 aliphatic carbocycles. The first kappa shape index (κ1) is 14.3. The molecule has 1 aliphatic heterocycles. The Hall–Kier alpha value is -3.35. The molecule has 0 saturated carbocycles. The van der Waals surface area contributed by atoms with Gasteiger partial charge in [-0.15, -0.1) is 0 Å². The van der Waals surface area contributed by atoms with Gasteiger partial charge in [0.05, 0.1) is 11.1 Å². The Morgan fingerprint density at radius 1 is 1.00 bits per heavy atom. The fourth-order valence-corrected chi connectivity index (χ4v) is 2.69. The minimum absolute atomic E-state index is 0.205. The standard InChI is InChI=1S/C17H12N4O3/c1-10(15-19-14(20-24-15)11-6-8-18-9-7-11)21-16(22)12-4-2-3-5-13(12)17(21)23/h2-10H,1H3/t10-/m1/s1. The van der Waals surface area contributed by atoms with E-state index in [0.717, 1.165) is 10.5 Å². The van der Waals surface area contributed by atoms with E-state index in [0.29, 0.717) is 17.0 Å². The van der Waals surface area contributed by atoms with Gasteiger partial charge in [-0.2, -0.15) is 4.98 Å². The number of aromatic nitrogens is 3. The van der Waals surface area contributed by atoms with Crippen molar-refractivity contribution in [2.45, 2.75) is 13.0 Å². The molecule has 3 heterocycles. The van der Waals surface area contributed by atoms with E-state index >= 15 is 0 Å². The summed E-state index contributed by atoms with van der Waals surface area (Å²) in [6.07, 6.45) is 3.25. The number of carbonyl (C=O) groups excluding carboxylic acids is 2. The molecule has 24 heavy (non-hydrogen) atoms. The highest BCUT2D eigenvalue weighted by atomic mass is 16.5. The average molecular weight is 320 g/mol. The molecule has 118 valence electrons. The number of hydrogen-bond acceptors (Lipinski definition) is 6. The van der Waals surface area contributed by atoms with Crippen molar-refractivity contribution in [2.24, 2.45) is 0 Å². The monoisotopic (exact) mass is 320 g/mol. The predicted octanol–water partition coefficient (Wildman–Crippen LogP) is 2.49. The third-order valence-corrected chi connectivity index (χ3v) is 3.95. The summed E-state index contributed by atoms with van der Waals surface area (Å²) in [5.41, 5.74) is 1.53. The quantitative estimate of drug-likeness (QED) is 0.689. The van der Waals surface area contributed by atoms with Crippen molar-refractivity contribution in [1.29, 1.82) is 0 Å². The smallest absolute Gasteiger partial charge is 0.262 e. The van der Waals surface area contributed by atoms with Crippen molar-refractivity contribution in [3.63, 3.8) is 0 Å². The van der Waals surface area contributed by atoms with Crippen LogP contribution in [0.1, 0.15) is 39.6 Å². The Morgan fingerprint density at radius 3 is 2.25 bits per heavy atom. The number of amides is 2. The van der Waals surface area contributed by atoms with Crippen LogP contribution in [0.5, 0.6) is 0 Å². The first-order valence-corrected chi connectivity index (χ1v) is 7.37. The summed E-state index contributed by atoms with van der Waals surface area (Å²) in [4.78, 5) is 34.4. The van der Waals surface area contributed by atoms with Crippen molar-refractivity contribution in [2.75, 3.05) is 0 Å². The number of fused-ring (bicyclic) bond motifs is 1. The summed E-state index contributed by atoms with van der Waals surface area (Å²) < 4.78 is 5.26. The zero-order valence-electron chi connectivity index (χ0n) is 12.7. The maximum Gasteiger partial charge on any atom is 0.262 e. The van der Waals surface area contributed by atoms with Crippen molar-refractivity contribution < 1.29 is 14.1 Å². The molecular formula is C17H12N4O3. The van der Waals surface area contributed by atoms with Crippen molar-refractivity contribution in [3.8, 4) is 11.4 Å². The van der Waals surface area contributed by atoms with Crippen LogP contribution in [0, 0.1) is 0 Å². The minimum atomic E-state index is -0.652. The van der Waals surface area contributed by atoms with E-state index in [-0.39, 0.29) is 17.7 Å². The third-order valence-electron chi connectivity index (χ3n) is 3.95. The number of carbonyl (C=O) groups is 2. The number of rotatable bonds is 3. The van der Waals surface area contributed by atoms with Gasteiger partial charge in [-0.25, -0.2) is 0 Å². The second-order valence-electron chi connectivity index (χ2n) is 5.39. The van der Waals surface area contributed by atoms with Gasteiger partial charge in [-0.1, -0.05) is 17.3 Å². The Labute approximate surface area is 136 Å². The summed E-state index contributed by atoms with van der Waals surface area (Å²) in [6, 6.07) is 9.58. The van der Waals surface area contributed by atoms with Gasteiger partial charge in [0.2, 0.25) is 11.7 Å². The van der Waals surface area contributed by atoms with E-state index in [9.17, 15) is 9.59 Å². The second-order valence-corrected chi connectivity index (χ2v) is 5.39. The van der Waals surface area contributed by atoms with Crippen LogP contribution in [0.15, 0.2) is 53.3 Å². The molecule has 4 rings (SSSR count). The maximum atomic E-state index is 12.5. The van der Waals surface area contributed by atoms with Crippen LogP contribution >= 0.6 is 0 Å². The molecule has 0 radical (unpaired) electrons. The topological polar surface area (TPSA) is 89.2 Å². The summed E-state index contributed by atoms with van der Waals surface area (Å²) in [5, 5.41) is 3.91. The molecule has 2 aromatic heterocycles. The van der Waals surface area contributed by atoms with Gasteiger partial charge in [0.25, 0.3) is 11.8 Å². The first-order valence-electron chi connectivity index (χ1n) is 7.37. The van der Waals surface area contributed by atoms with Crippen LogP contribution in [0.2, 0.25) is 0 Å². The fraction of sp³-hybridized carbons (Fsp3) is 0.118. The molecule has 0 fully saturated rings. The van der Waals surface area contributed by atoms with Crippen molar-refractivity contribution in [1.82, 2.24) is 20.0 Å². The summed E-state index contributed by atoms with van der Waals surface area (Å²) in [6.45, 7) is 1.69. The van der Waals surface area contributed by atoms with Crippen molar-refractivity contribution in [3.05, 3.63) is 65.8 Å². The van der Waals surface area contributed by atoms with Gasteiger partial charge in [0, 0.05) is 18.0 Å². The average Bonchev–Trinajstić information content (AvgIpc) is 3.20. The normalized spacial score (nSPS) is 14.8. The molecule has 2 amide bonds. The summed E-state index contributed by atoms with van der Waals surface area (Å²) in [5.74, 6) is -0.120. The highest BCUT2D eigenvalue weighted by Gasteiger charge is 2.40. The van der Waals surface area contributed by atoms with E-state index in [1.807, 2.05) is 0 Å². The molecular weight excluding hydrogens is 308 g/mol. The largest absolute Gasteiger partial charge is 0.337 e. The van der Waals surface area contributed by atoms with Gasteiger partial charge in [-0.3, -0.25) is 19.5 Å². The SMILES string of the molecule is C[C@H](c1nc(-c2ccncc2)no1)N1C(=O)c2ccccc2C1=O. The number of benzene rings is 1. The zero-order chi connectivity index (χ0) is 16.7. The second kappa shape index (κ2) is 5.38. The Balaban J connectivity index is 1.66. The number of pyridine rings is 1. The molecule has 1 aromatic carbocycles. The van der Waals surface area contributed by atoms with Gasteiger partial charge >= 0.3 is 0 Å². The van der Waals surface area contributed by atoms with E-state index in [1.165, 1.54) is 0 Å². The van der Waals surface area contributed by atoms with Gasteiger partial charge < -0.3 is 4.52 Å². The molecule has 1 aliphatic rings. The molecule has 0 N–H and O–H groups in total. The Bertz CT molecular complexity index is 901. The molecule has 1 atom stereocenters. The highest BCUT2D eigenvalue weighted by Crippen LogP contribution is 2.31. The Morgan fingerprint density at radius 2 is 1.62 bits per heavy atom. The Kier molecular flexibility index (Phi) is 3.19. The lowest BCUT2D eigenvalue weighted by Crippen LogP contribution is -2.32. The summed E-state index contributed by atoms with van der Waals surface area (Å²) in [7, 11) is 0. The number of hydrogen-bond donors (Lipinski definition) is 0. The lowest BCUT2D eigenvalue weighted by atomic mass is 10.1. The van der Waals surface area contributed by atoms with Crippen LogP contribution in [0.4, 0.5) is 0 Å². The van der Waals surface area contributed by atoms with Gasteiger partial charge in [-0.05, 0) is 31.2 Å². The zero-order valence-corrected chi connectivity index (χ0v) is 12.7. The lowest BCUT2D eigenvalue weighted by Gasteiger charge is -2.18. The van der Waals surface area contributed by atoms with E-state index in [1.54, 1.807) is 55.7 Å². The first-order chi connectivity index (χ1) is 11.7. The van der Waals surface area contributed by atoms with E-state index < -0.39 is 6.04 Å². The predicted molar refractivity (Wildman–Crippen MR) is 82.9 cm³/mol. The van der Waals surface area contributed by atoms with E-state index in [4.69, 9.17) is 4.52 Å². The third kappa shape index (κ3) is 2.10. The van der Waals surface area contributed by atoms with Crippen LogP contribution in [0.25, 0.3) is 11.4 Å². The fourth-order valence-electron chi connectivity index (χ4n) is 2.69. The number of nitrogens with zero attached hydrogens (tertiary/aromatic N) is 4. The van der Waals surface area contributed by atoms with Crippen molar-refractivity contribution >= 4 is 11.8 Å². The molecule has 0 spiro atoms. The molecule has 7 nitrogen and oxygen atoms in total. The van der Waals surface area contributed by atoms with Gasteiger partial charge in [0.15, 0.2) is 0 Å². The molecule has 0 saturated heterocycles. The maximum absolute atomic E-state index is 12.5. The molecule has 7 heteroatoms. The molecule has 0 unspecified atom stereocenters. The molecule has 0 bridgehead atoms. The minimum Gasteiger partial charge on any atom is -0.337 e. The lowest BCUT2D eigenvalue weighted by molar-refractivity contribution is 0.0568. The van der Waals surface area contributed by atoms with Crippen LogP contribution in [-0.2, 0) is 0 Å². The summed E-state index contributed by atoms with van der Waals surface area (Å²) >= 11 is 0. The van der Waals surface area contributed by atoms with Crippen LogP contribution < -0.4 is 0 Å². The molecule has 3 aromatic rings. The highest BCUT2D eigenvalue weighted by molar-refractivity contribution is 6.21. The van der Waals surface area contributed by atoms with Crippen LogP contribution in [-0.4, -0.2) is 31.8 Å². The van der Waals surface area contributed by atoms with Gasteiger partial charge in [0.1, 0.15) is 6.04 Å². The van der Waals surface area contributed by atoms with E-state index in [2.05, 4.69) is 15.1 Å².